The Balaban J connectivity index is 1.14. The summed E-state index contributed by atoms with van der Waals surface area (Å²) in [5.74, 6) is 0. The van der Waals surface area contributed by atoms with Crippen molar-refractivity contribution in [2.24, 2.45) is 0 Å². The van der Waals surface area contributed by atoms with Crippen LogP contribution in [0.15, 0.2) is 217 Å². The minimum absolute atomic E-state index is 0.525. The fourth-order valence-electron chi connectivity index (χ4n) is 9.52. The number of aryl methyl sites for hydroxylation is 2. The lowest BCUT2D eigenvalue weighted by Gasteiger charge is -2.35. The van der Waals surface area contributed by atoms with Gasteiger partial charge in [-0.05, 0) is 94.8 Å². The molecule has 11 rings (SSSR count). The molecule has 0 atom stereocenters. The number of para-hydroxylation sites is 3. The van der Waals surface area contributed by atoms with Crippen molar-refractivity contribution in [3.05, 3.63) is 246 Å². The summed E-state index contributed by atoms with van der Waals surface area (Å²) in [5, 5.41) is 2.26. The summed E-state index contributed by atoms with van der Waals surface area (Å²) in [5.41, 5.74) is 19.2. The van der Waals surface area contributed by atoms with E-state index in [9.17, 15) is 0 Å². The fraction of sp³-hybridized carbons (Fsp3) is 0.0526. The maximum absolute atomic E-state index is 6.48. The van der Waals surface area contributed by atoms with Crippen LogP contribution in [0.25, 0.3) is 55.3 Å². The van der Waals surface area contributed by atoms with Gasteiger partial charge in [-0.1, -0.05) is 187 Å². The molecule has 2 nitrogen and oxygen atoms in total. The molecule has 10 aromatic rings. The summed E-state index contributed by atoms with van der Waals surface area (Å²) in [7, 11) is 0. The summed E-state index contributed by atoms with van der Waals surface area (Å²) in [6.07, 6.45) is 0. The molecule has 0 saturated carbocycles. The fourth-order valence-corrected chi connectivity index (χ4v) is 9.52. The number of benzene rings is 9. The van der Waals surface area contributed by atoms with Gasteiger partial charge < -0.3 is 9.32 Å². The Kier molecular flexibility index (Phi) is 8.20. The standard InChI is InChI=1S/C57H41NO/c1-38-23-29-42(30-24-38)57(43-31-25-39(2)26-32-43)52-20-9-6-16-48(52)49-36-35-45(37-53(49)57)58(54-21-10-7-15-46(54)40-13-4-3-5-14-40)44-33-27-41(28-34-44)47-18-12-19-51-50-17-8-11-22-55(50)59-56(47)51/h3-37H,1-2H3. The first-order valence-electron chi connectivity index (χ1n) is 20.4. The lowest BCUT2D eigenvalue weighted by atomic mass is 9.67. The van der Waals surface area contributed by atoms with Crippen LogP contribution in [0.2, 0.25) is 0 Å². The van der Waals surface area contributed by atoms with Crippen LogP contribution in [-0.2, 0) is 5.41 Å². The van der Waals surface area contributed by atoms with Gasteiger partial charge in [-0.2, -0.15) is 0 Å². The summed E-state index contributed by atoms with van der Waals surface area (Å²) in [6.45, 7) is 4.34. The monoisotopic (exact) mass is 755 g/mol. The molecule has 1 aromatic heterocycles. The van der Waals surface area contributed by atoms with Crippen LogP contribution in [0, 0.1) is 13.8 Å². The van der Waals surface area contributed by atoms with Crippen LogP contribution in [-0.4, -0.2) is 0 Å². The molecule has 1 aliphatic carbocycles. The van der Waals surface area contributed by atoms with E-state index in [-0.39, 0.29) is 0 Å². The number of hydrogen-bond acceptors (Lipinski definition) is 2. The summed E-state index contributed by atoms with van der Waals surface area (Å²) in [6, 6.07) is 77.7. The van der Waals surface area contributed by atoms with E-state index < -0.39 is 5.41 Å². The van der Waals surface area contributed by atoms with Crippen LogP contribution < -0.4 is 4.90 Å². The Bertz CT molecular complexity index is 3110. The van der Waals surface area contributed by atoms with E-state index in [4.69, 9.17) is 4.42 Å². The number of hydrogen-bond donors (Lipinski definition) is 0. The zero-order chi connectivity index (χ0) is 39.5. The van der Waals surface area contributed by atoms with Crippen molar-refractivity contribution < 1.29 is 4.42 Å². The zero-order valence-corrected chi connectivity index (χ0v) is 33.1. The first-order valence-corrected chi connectivity index (χ1v) is 20.4. The molecule has 0 amide bonds. The SMILES string of the molecule is Cc1ccc(C2(c3ccc(C)cc3)c3ccccc3-c3ccc(N(c4ccc(-c5cccc6c5oc5ccccc56)cc4)c4ccccc4-c4ccccc4)cc32)cc1. The molecule has 0 fully saturated rings. The summed E-state index contributed by atoms with van der Waals surface area (Å²) < 4.78 is 6.48. The molecule has 0 unspecified atom stereocenters. The van der Waals surface area contributed by atoms with E-state index >= 15 is 0 Å². The molecule has 280 valence electrons. The van der Waals surface area contributed by atoms with Gasteiger partial charge in [-0.15, -0.1) is 0 Å². The Morgan fingerprint density at radius 2 is 0.949 bits per heavy atom. The second-order valence-electron chi connectivity index (χ2n) is 15.8. The van der Waals surface area contributed by atoms with Gasteiger partial charge in [0.25, 0.3) is 0 Å². The normalized spacial score (nSPS) is 12.7. The Labute approximate surface area is 345 Å². The Morgan fingerprint density at radius 1 is 0.390 bits per heavy atom. The molecule has 9 aromatic carbocycles. The topological polar surface area (TPSA) is 16.4 Å². The molecule has 1 heterocycles. The van der Waals surface area contributed by atoms with Crippen molar-refractivity contribution in [1.82, 2.24) is 0 Å². The minimum atomic E-state index is -0.525. The van der Waals surface area contributed by atoms with Crippen LogP contribution in [0.3, 0.4) is 0 Å². The lowest BCUT2D eigenvalue weighted by molar-refractivity contribution is 0.670. The molecule has 2 heteroatoms. The van der Waals surface area contributed by atoms with E-state index in [0.29, 0.717) is 0 Å². The van der Waals surface area contributed by atoms with Gasteiger partial charge >= 0.3 is 0 Å². The van der Waals surface area contributed by atoms with E-state index in [1.165, 1.54) is 50.1 Å². The third-order valence-electron chi connectivity index (χ3n) is 12.3. The predicted octanol–water partition coefficient (Wildman–Crippen LogP) is 15.4. The van der Waals surface area contributed by atoms with Gasteiger partial charge in [0.1, 0.15) is 11.2 Å². The highest BCUT2D eigenvalue weighted by molar-refractivity contribution is 6.09. The van der Waals surface area contributed by atoms with Crippen molar-refractivity contribution >= 4 is 39.0 Å². The summed E-state index contributed by atoms with van der Waals surface area (Å²) >= 11 is 0. The molecular formula is C57H41NO. The third kappa shape index (κ3) is 5.56. The number of fused-ring (bicyclic) bond motifs is 6. The van der Waals surface area contributed by atoms with E-state index in [1.807, 2.05) is 12.1 Å². The lowest BCUT2D eigenvalue weighted by Crippen LogP contribution is -2.29. The van der Waals surface area contributed by atoms with Crippen molar-refractivity contribution in [1.29, 1.82) is 0 Å². The van der Waals surface area contributed by atoms with Crippen LogP contribution in [0.1, 0.15) is 33.4 Å². The predicted molar refractivity (Wildman–Crippen MR) is 246 cm³/mol. The molecule has 0 bridgehead atoms. The van der Waals surface area contributed by atoms with Crippen molar-refractivity contribution in [2.75, 3.05) is 4.90 Å². The second-order valence-corrected chi connectivity index (χ2v) is 15.8. The summed E-state index contributed by atoms with van der Waals surface area (Å²) in [4.78, 5) is 2.44. The number of furan rings is 1. The van der Waals surface area contributed by atoms with Crippen LogP contribution in [0.4, 0.5) is 17.1 Å². The van der Waals surface area contributed by atoms with Crippen molar-refractivity contribution in [3.8, 4) is 33.4 Å². The quantitative estimate of drug-likeness (QED) is 0.161. The molecule has 59 heavy (non-hydrogen) atoms. The second kappa shape index (κ2) is 13.9. The third-order valence-corrected chi connectivity index (χ3v) is 12.3. The molecule has 0 aliphatic heterocycles. The maximum Gasteiger partial charge on any atom is 0.143 e. The number of anilines is 3. The van der Waals surface area contributed by atoms with E-state index in [2.05, 4.69) is 219 Å². The van der Waals surface area contributed by atoms with Crippen LogP contribution in [0.5, 0.6) is 0 Å². The molecule has 0 spiro atoms. The van der Waals surface area contributed by atoms with Gasteiger partial charge in [0.05, 0.1) is 11.1 Å². The average molecular weight is 756 g/mol. The maximum atomic E-state index is 6.48. The number of rotatable bonds is 7. The highest BCUT2D eigenvalue weighted by atomic mass is 16.3. The van der Waals surface area contributed by atoms with Gasteiger partial charge in [-0.3, -0.25) is 0 Å². The average Bonchev–Trinajstić information content (AvgIpc) is 3.82. The van der Waals surface area contributed by atoms with Crippen molar-refractivity contribution in [2.45, 2.75) is 19.3 Å². The highest BCUT2D eigenvalue weighted by Gasteiger charge is 2.46. The molecule has 0 radical (unpaired) electrons. The first kappa shape index (κ1) is 34.8. The zero-order valence-electron chi connectivity index (χ0n) is 33.1. The largest absolute Gasteiger partial charge is 0.455 e. The Hall–Kier alpha value is -7.42. The van der Waals surface area contributed by atoms with Gasteiger partial charge in [-0.25, -0.2) is 0 Å². The highest BCUT2D eigenvalue weighted by Crippen LogP contribution is 2.57. The number of nitrogens with zero attached hydrogens (tertiary/aromatic N) is 1. The first-order chi connectivity index (χ1) is 29.1. The molecular weight excluding hydrogens is 715 g/mol. The van der Waals surface area contributed by atoms with Gasteiger partial charge in [0.15, 0.2) is 0 Å². The van der Waals surface area contributed by atoms with Crippen molar-refractivity contribution in [3.63, 3.8) is 0 Å². The van der Waals surface area contributed by atoms with E-state index in [0.717, 1.165) is 55.7 Å². The molecule has 1 aliphatic rings. The molecule has 0 saturated heterocycles. The van der Waals surface area contributed by atoms with E-state index in [1.54, 1.807) is 0 Å². The minimum Gasteiger partial charge on any atom is -0.455 e. The smallest absolute Gasteiger partial charge is 0.143 e. The van der Waals surface area contributed by atoms with Gasteiger partial charge in [0, 0.05) is 33.3 Å². The van der Waals surface area contributed by atoms with Gasteiger partial charge in [0.2, 0.25) is 0 Å². The Morgan fingerprint density at radius 3 is 1.69 bits per heavy atom. The molecule has 0 N–H and O–H groups in total. The van der Waals surface area contributed by atoms with Crippen LogP contribution >= 0.6 is 0 Å².